The molecule has 0 aliphatic rings. The number of hydrogen-bond acceptors (Lipinski definition) is 3. The van der Waals surface area contributed by atoms with Gasteiger partial charge in [0.25, 0.3) is 0 Å². The molecule has 0 amide bonds. The van der Waals surface area contributed by atoms with Crippen LogP contribution in [0.15, 0.2) is 29.8 Å². The Hall–Kier alpha value is -1.72. The fraction of sp³-hybridized carbons (Fsp3) is 0.267. The summed E-state index contributed by atoms with van der Waals surface area (Å²) in [6.07, 6.45) is 2.01. The SMILES string of the molecule is CC(C)=CCNCc1c(C(=O)O)sc2cccc(F)c12. The largest absolute Gasteiger partial charge is 0.477 e. The van der Waals surface area contributed by atoms with E-state index in [-0.39, 0.29) is 10.7 Å². The monoisotopic (exact) mass is 293 g/mol. The molecule has 0 saturated heterocycles. The Morgan fingerprint density at radius 1 is 1.45 bits per heavy atom. The number of carbonyl (C=O) groups is 1. The first-order valence-electron chi connectivity index (χ1n) is 6.28. The standard InChI is InChI=1S/C15H16FNO2S/c1-9(2)6-7-17-8-10-13-11(16)4-3-5-12(13)20-14(10)15(18)19/h3-6,17H,7-8H2,1-2H3,(H,18,19). The number of benzene rings is 1. The van der Waals surface area contributed by atoms with Crippen molar-refractivity contribution in [1.82, 2.24) is 5.32 Å². The average molecular weight is 293 g/mol. The molecule has 0 bridgehead atoms. The molecule has 2 aromatic rings. The molecule has 0 unspecified atom stereocenters. The molecule has 0 aliphatic carbocycles. The van der Waals surface area contributed by atoms with E-state index in [4.69, 9.17) is 0 Å². The van der Waals surface area contributed by atoms with Crippen LogP contribution in [0.5, 0.6) is 0 Å². The van der Waals surface area contributed by atoms with Gasteiger partial charge in [-0.3, -0.25) is 0 Å². The first-order chi connectivity index (χ1) is 9.50. The Bertz CT molecular complexity index is 672. The van der Waals surface area contributed by atoms with Crippen molar-refractivity contribution in [1.29, 1.82) is 0 Å². The summed E-state index contributed by atoms with van der Waals surface area (Å²) in [4.78, 5) is 11.5. The van der Waals surface area contributed by atoms with E-state index in [2.05, 4.69) is 5.32 Å². The highest BCUT2D eigenvalue weighted by atomic mass is 32.1. The Morgan fingerprint density at radius 2 is 2.20 bits per heavy atom. The van der Waals surface area contributed by atoms with Crippen molar-refractivity contribution in [3.05, 3.63) is 46.1 Å². The van der Waals surface area contributed by atoms with Gasteiger partial charge in [-0.2, -0.15) is 0 Å². The molecule has 0 saturated carbocycles. The molecule has 0 aliphatic heterocycles. The Labute approximate surface area is 120 Å². The summed E-state index contributed by atoms with van der Waals surface area (Å²) in [6.45, 7) is 4.95. The van der Waals surface area contributed by atoms with Crippen LogP contribution in [0.1, 0.15) is 29.1 Å². The summed E-state index contributed by atoms with van der Waals surface area (Å²) < 4.78 is 14.6. The number of carboxylic acids is 1. The van der Waals surface area contributed by atoms with Gasteiger partial charge in [-0.1, -0.05) is 17.7 Å². The van der Waals surface area contributed by atoms with Crippen LogP contribution in [0.3, 0.4) is 0 Å². The van der Waals surface area contributed by atoms with Crippen molar-refractivity contribution in [3.63, 3.8) is 0 Å². The molecular formula is C15H16FNO2S. The topological polar surface area (TPSA) is 49.3 Å². The summed E-state index contributed by atoms with van der Waals surface area (Å²) in [5, 5.41) is 12.8. The van der Waals surface area contributed by atoms with Crippen LogP contribution in [0.2, 0.25) is 0 Å². The lowest BCUT2D eigenvalue weighted by molar-refractivity contribution is 0.0701. The lowest BCUT2D eigenvalue weighted by Gasteiger charge is -2.04. The maximum Gasteiger partial charge on any atom is 0.346 e. The van der Waals surface area contributed by atoms with E-state index >= 15 is 0 Å². The highest BCUT2D eigenvalue weighted by Crippen LogP contribution is 2.33. The van der Waals surface area contributed by atoms with E-state index in [0.717, 1.165) is 11.3 Å². The maximum absolute atomic E-state index is 13.9. The van der Waals surface area contributed by atoms with Gasteiger partial charge >= 0.3 is 5.97 Å². The van der Waals surface area contributed by atoms with Crippen molar-refractivity contribution < 1.29 is 14.3 Å². The molecule has 1 aromatic heterocycles. The minimum atomic E-state index is -1.01. The molecular weight excluding hydrogens is 277 g/mol. The second-order valence-electron chi connectivity index (χ2n) is 4.74. The van der Waals surface area contributed by atoms with E-state index in [0.29, 0.717) is 28.7 Å². The van der Waals surface area contributed by atoms with E-state index < -0.39 is 5.97 Å². The zero-order valence-corrected chi connectivity index (χ0v) is 12.2. The second kappa shape index (κ2) is 6.15. The van der Waals surface area contributed by atoms with Crippen LogP contribution in [0, 0.1) is 5.82 Å². The summed E-state index contributed by atoms with van der Waals surface area (Å²) in [6, 6.07) is 4.70. The summed E-state index contributed by atoms with van der Waals surface area (Å²) in [7, 11) is 0. The van der Waals surface area contributed by atoms with Gasteiger partial charge in [-0.25, -0.2) is 9.18 Å². The van der Waals surface area contributed by atoms with E-state index in [9.17, 15) is 14.3 Å². The van der Waals surface area contributed by atoms with Crippen LogP contribution in [-0.4, -0.2) is 17.6 Å². The van der Waals surface area contributed by atoms with Gasteiger partial charge in [0.2, 0.25) is 0 Å². The van der Waals surface area contributed by atoms with Gasteiger partial charge in [0.1, 0.15) is 10.7 Å². The normalized spacial score (nSPS) is 10.8. The predicted octanol–water partition coefficient (Wildman–Crippen LogP) is 3.79. The van der Waals surface area contributed by atoms with Crippen molar-refractivity contribution in [2.45, 2.75) is 20.4 Å². The third kappa shape index (κ3) is 3.05. The number of rotatable bonds is 5. The van der Waals surface area contributed by atoms with Crippen LogP contribution >= 0.6 is 11.3 Å². The lowest BCUT2D eigenvalue weighted by atomic mass is 10.1. The van der Waals surface area contributed by atoms with Gasteiger partial charge in [0.05, 0.1) is 0 Å². The number of halogens is 1. The van der Waals surface area contributed by atoms with Crippen molar-refractivity contribution in [2.24, 2.45) is 0 Å². The van der Waals surface area contributed by atoms with E-state index in [1.807, 2.05) is 19.9 Å². The molecule has 0 atom stereocenters. The number of nitrogens with one attached hydrogen (secondary N) is 1. The van der Waals surface area contributed by atoms with Gasteiger partial charge in [0, 0.05) is 28.7 Å². The van der Waals surface area contributed by atoms with Crippen LogP contribution < -0.4 is 5.32 Å². The fourth-order valence-corrected chi connectivity index (χ4v) is 3.06. The van der Waals surface area contributed by atoms with Gasteiger partial charge in [0.15, 0.2) is 0 Å². The fourth-order valence-electron chi connectivity index (χ4n) is 1.98. The quantitative estimate of drug-likeness (QED) is 0.651. The number of allylic oxidation sites excluding steroid dienone is 1. The van der Waals surface area contributed by atoms with E-state index in [1.54, 1.807) is 12.1 Å². The number of thiophene rings is 1. The molecule has 106 valence electrons. The number of hydrogen-bond donors (Lipinski definition) is 2. The van der Waals surface area contributed by atoms with E-state index in [1.165, 1.54) is 11.6 Å². The van der Waals surface area contributed by atoms with Crippen LogP contribution in [0.4, 0.5) is 4.39 Å². The maximum atomic E-state index is 13.9. The molecule has 0 fully saturated rings. The average Bonchev–Trinajstić information content (AvgIpc) is 2.75. The zero-order valence-electron chi connectivity index (χ0n) is 11.4. The van der Waals surface area contributed by atoms with Gasteiger partial charge in [-0.15, -0.1) is 11.3 Å². The third-order valence-corrected chi connectivity index (χ3v) is 4.10. The number of aromatic carboxylic acids is 1. The second-order valence-corrected chi connectivity index (χ2v) is 5.79. The minimum Gasteiger partial charge on any atom is -0.477 e. The molecule has 2 N–H and O–H groups in total. The zero-order chi connectivity index (χ0) is 14.7. The van der Waals surface area contributed by atoms with Crippen molar-refractivity contribution >= 4 is 27.4 Å². The van der Waals surface area contributed by atoms with Crippen molar-refractivity contribution in [3.8, 4) is 0 Å². The summed E-state index contributed by atoms with van der Waals surface area (Å²) >= 11 is 1.12. The van der Waals surface area contributed by atoms with Gasteiger partial charge in [-0.05, 0) is 26.0 Å². The molecule has 3 nitrogen and oxygen atoms in total. The Morgan fingerprint density at radius 3 is 2.85 bits per heavy atom. The third-order valence-electron chi connectivity index (χ3n) is 2.91. The Kier molecular flexibility index (Phi) is 4.52. The molecule has 1 aromatic carbocycles. The summed E-state index contributed by atoms with van der Waals surface area (Å²) in [5.74, 6) is -1.38. The molecule has 0 spiro atoms. The van der Waals surface area contributed by atoms with Crippen molar-refractivity contribution in [2.75, 3.05) is 6.54 Å². The highest BCUT2D eigenvalue weighted by molar-refractivity contribution is 7.21. The first kappa shape index (κ1) is 14.7. The highest BCUT2D eigenvalue weighted by Gasteiger charge is 2.19. The van der Waals surface area contributed by atoms with Gasteiger partial charge < -0.3 is 10.4 Å². The molecule has 5 heteroatoms. The smallest absolute Gasteiger partial charge is 0.346 e. The first-order valence-corrected chi connectivity index (χ1v) is 7.09. The molecule has 2 rings (SSSR count). The number of carboxylic acid groups (broad SMARTS) is 1. The summed E-state index contributed by atoms with van der Waals surface area (Å²) in [5.41, 5.74) is 1.70. The molecule has 20 heavy (non-hydrogen) atoms. The predicted molar refractivity (Wildman–Crippen MR) is 79.9 cm³/mol. The Balaban J connectivity index is 2.36. The minimum absolute atomic E-state index is 0.204. The molecule has 0 radical (unpaired) electrons. The van der Waals surface area contributed by atoms with Crippen LogP contribution in [-0.2, 0) is 6.54 Å². The molecule has 1 heterocycles. The lowest BCUT2D eigenvalue weighted by Crippen LogP contribution is -2.15. The number of fused-ring (bicyclic) bond motifs is 1. The van der Waals surface area contributed by atoms with Crippen LogP contribution in [0.25, 0.3) is 10.1 Å².